The van der Waals surface area contributed by atoms with E-state index in [4.69, 9.17) is 9.47 Å². The van der Waals surface area contributed by atoms with Crippen LogP contribution in [0.5, 0.6) is 0 Å². The summed E-state index contributed by atoms with van der Waals surface area (Å²) < 4.78 is 11.1. The van der Waals surface area contributed by atoms with Crippen molar-refractivity contribution in [3.05, 3.63) is 35.9 Å². The third-order valence-corrected chi connectivity index (χ3v) is 2.54. The van der Waals surface area contributed by atoms with Crippen LogP contribution in [0, 0.1) is 0 Å². The van der Waals surface area contributed by atoms with Gasteiger partial charge in [0.1, 0.15) is 0 Å². The third kappa shape index (κ3) is 5.31. The lowest BCUT2D eigenvalue weighted by Crippen LogP contribution is -2.40. The number of nitrogens with one attached hydrogen (secondary N) is 1. The molecule has 0 heterocycles. The molecule has 0 spiro atoms. The minimum absolute atomic E-state index is 0.172. The summed E-state index contributed by atoms with van der Waals surface area (Å²) in [7, 11) is 0. The first kappa shape index (κ1) is 14.2. The Morgan fingerprint density at radius 1 is 1.06 bits per heavy atom. The van der Waals surface area contributed by atoms with Crippen LogP contribution >= 0.6 is 0 Å². The van der Waals surface area contributed by atoms with Crippen molar-refractivity contribution in [1.29, 1.82) is 0 Å². The van der Waals surface area contributed by atoms with E-state index >= 15 is 0 Å². The van der Waals surface area contributed by atoms with E-state index in [0.29, 0.717) is 13.2 Å². The van der Waals surface area contributed by atoms with Gasteiger partial charge >= 0.3 is 0 Å². The van der Waals surface area contributed by atoms with Crippen molar-refractivity contribution < 1.29 is 9.47 Å². The van der Waals surface area contributed by atoms with E-state index in [-0.39, 0.29) is 12.3 Å². The molecule has 1 aromatic carbocycles. The number of hydrogen-bond acceptors (Lipinski definition) is 3. The van der Waals surface area contributed by atoms with Crippen LogP contribution in [-0.4, -0.2) is 25.5 Å². The molecule has 17 heavy (non-hydrogen) atoms. The third-order valence-electron chi connectivity index (χ3n) is 2.54. The molecule has 0 amide bonds. The van der Waals surface area contributed by atoms with Crippen molar-refractivity contribution in [1.82, 2.24) is 5.32 Å². The molecular formula is C14H23NO2. The Balaban J connectivity index is 2.38. The minimum Gasteiger partial charge on any atom is -0.351 e. The number of rotatable bonds is 8. The highest BCUT2D eigenvalue weighted by Gasteiger charge is 2.16. The fourth-order valence-corrected chi connectivity index (χ4v) is 1.64. The second kappa shape index (κ2) is 8.23. The fraction of sp³-hybridized carbons (Fsp3) is 0.571. The molecule has 3 heteroatoms. The highest BCUT2D eigenvalue weighted by atomic mass is 16.7. The molecule has 0 fully saturated rings. The Morgan fingerprint density at radius 3 is 2.18 bits per heavy atom. The summed E-state index contributed by atoms with van der Waals surface area (Å²) >= 11 is 0. The van der Waals surface area contributed by atoms with Gasteiger partial charge < -0.3 is 14.8 Å². The smallest absolute Gasteiger partial charge is 0.172 e. The van der Waals surface area contributed by atoms with Gasteiger partial charge in [-0.1, -0.05) is 30.3 Å². The van der Waals surface area contributed by atoms with Crippen LogP contribution in [0.15, 0.2) is 30.3 Å². The van der Waals surface area contributed by atoms with Gasteiger partial charge in [-0.25, -0.2) is 0 Å². The summed E-state index contributed by atoms with van der Waals surface area (Å²) in [5.74, 6) is 0. The number of benzene rings is 1. The second-order valence-electron chi connectivity index (χ2n) is 3.93. The summed E-state index contributed by atoms with van der Waals surface area (Å²) in [6.45, 7) is 8.22. The average molecular weight is 237 g/mol. The molecule has 0 saturated heterocycles. The molecule has 1 unspecified atom stereocenters. The number of hydrogen-bond donors (Lipinski definition) is 1. The van der Waals surface area contributed by atoms with Crippen LogP contribution < -0.4 is 5.32 Å². The van der Waals surface area contributed by atoms with E-state index in [2.05, 4.69) is 24.4 Å². The quantitative estimate of drug-likeness (QED) is 0.705. The van der Waals surface area contributed by atoms with Crippen molar-refractivity contribution in [3.63, 3.8) is 0 Å². The lowest BCUT2D eigenvalue weighted by molar-refractivity contribution is -0.151. The molecule has 3 nitrogen and oxygen atoms in total. The molecule has 0 bridgehead atoms. The highest BCUT2D eigenvalue weighted by molar-refractivity contribution is 5.14. The predicted molar refractivity (Wildman–Crippen MR) is 69.8 cm³/mol. The molecule has 0 aliphatic heterocycles. The van der Waals surface area contributed by atoms with Gasteiger partial charge in [0, 0.05) is 19.8 Å². The summed E-state index contributed by atoms with van der Waals surface area (Å²) in [5.41, 5.74) is 1.27. The molecule has 0 aromatic heterocycles. The molecule has 1 rings (SSSR count). The van der Waals surface area contributed by atoms with E-state index in [9.17, 15) is 0 Å². The van der Waals surface area contributed by atoms with Gasteiger partial charge in [0.15, 0.2) is 6.29 Å². The number of ether oxygens (including phenoxy) is 2. The zero-order valence-corrected chi connectivity index (χ0v) is 11.0. The first-order chi connectivity index (χ1) is 8.27. The first-order valence-electron chi connectivity index (χ1n) is 6.28. The van der Waals surface area contributed by atoms with Gasteiger partial charge in [0.25, 0.3) is 0 Å². The van der Waals surface area contributed by atoms with E-state index in [1.807, 2.05) is 32.0 Å². The van der Waals surface area contributed by atoms with Crippen molar-refractivity contribution >= 4 is 0 Å². The van der Waals surface area contributed by atoms with E-state index in [0.717, 1.165) is 6.54 Å². The molecule has 1 aromatic rings. The molecule has 0 radical (unpaired) electrons. The largest absolute Gasteiger partial charge is 0.351 e. The van der Waals surface area contributed by atoms with Gasteiger partial charge in [0.2, 0.25) is 0 Å². The van der Waals surface area contributed by atoms with Crippen LogP contribution in [-0.2, 0) is 16.0 Å². The summed E-state index contributed by atoms with van der Waals surface area (Å²) in [4.78, 5) is 0. The normalized spacial score (nSPS) is 12.9. The van der Waals surface area contributed by atoms with Crippen molar-refractivity contribution in [2.75, 3.05) is 13.2 Å². The second-order valence-corrected chi connectivity index (χ2v) is 3.93. The molecule has 0 aliphatic rings. The zero-order chi connectivity index (χ0) is 12.5. The van der Waals surface area contributed by atoms with Gasteiger partial charge in [0.05, 0.1) is 6.04 Å². The Hall–Kier alpha value is -0.900. The topological polar surface area (TPSA) is 30.5 Å². The van der Waals surface area contributed by atoms with Gasteiger partial charge in [-0.15, -0.1) is 0 Å². The fourth-order valence-electron chi connectivity index (χ4n) is 1.64. The minimum atomic E-state index is -0.172. The lowest BCUT2D eigenvalue weighted by atomic mass is 10.2. The highest BCUT2D eigenvalue weighted by Crippen LogP contribution is 2.04. The maximum atomic E-state index is 5.55. The molecular weight excluding hydrogens is 214 g/mol. The van der Waals surface area contributed by atoms with E-state index in [1.165, 1.54) is 5.56 Å². The average Bonchev–Trinajstić information content (AvgIpc) is 2.37. The predicted octanol–water partition coefficient (Wildman–Crippen LogP) is 2.56. The monoisotopic (exact) mass is 237 g/mol. The van der Waals surface area contributed by atoms with Gasteiger partial charge in [-0.05, 0) is 26.3 Å². The first-order valence-corrected chi connectivity index (χ1v) is 6.28. The molecule has 0 aliphatic carbocycles. The standard InChI is InChI=1S/C14H23NO2/c1-4-16-14(17-5-2)12(3)15-11-13-9-7-6-8-10-13/h6-10,12,14-15H,4-5,11H2,1-3H3. The molecule has 1 atom stereocenters. The van der Waals surface area contributed by atoms with Crippen LogP contribution in [0.4, 0.5) is 0 Å². The summed E-state index contributed by atoms with van der Waals surface area (Å²) in [6, 6.07) is 10.5. The summed E-state index contributed by atoms with van der Waals surface area (Å²) in [6.07, 6.45) is -0.172. The SMILES string of the molecule is CCOC(OCC)C(C)NCc1ccccc1. The van der Waals surface area contributed by atoms with E-state index in [1.54, 1.807) is 0 Å². The Kier molecular flexibility index (Phi) is 6.86. The Bertz CT molecular complexity index is 284. The van der Waals surface area contributed by atoms with Crippen molar-refractivity contribution in [3.8, 4) is 0 Å². The Labute approximate surface area is 104 Å². The van der Waals surface area contributed by atoms with Crippen LogP contribution in [0.2, 0.25) is 0 Å². The van der Waals surface area contributed by atoms with Crippen molar-refractivity contribution in [2.24, 2.45) is 0 Å². The van der Waals surface area contributed by atoms with E-state index < -0.39 is 0 Å². The van der Waals surface area contributed by atoms with Crippen LogP contribution in [0.25, 0.3) is 0 Å². The molecule has 0 saturated carbocycles. The molecule has 96 valence electrons. The van der Waals surface area contributed by atoms with Gasteiger partial charge in [-0.3, -0.25) is 0 Å². The van der Waals surface area contributed by atoms with Crippen LogP contribution in [0.1, 0.15) is 26.3 Å². The molecule has 1 N–H and O–H groups in total. The maximum Gasteiger partial charge on any atom is 0.172 e. The van der Waals surface area contributed by atoms with Crippen molar-refractivity contribution in [2.45, 2.75) is 39.6 Å². The summed E-state index contributed by atoms with van der Waals surface area (Å²) in [5, 5.41) is 3.42. The maximum absolute atomic E-state index is 5.55. The van der Waals surface area contributed by atoms with Crippen LogP contribution in [0.3, 0.4) is 0 Å². The lowest BCUT2D eigenvalue weighted by Gasteiger charge is -2.24. The Morgan fingerprint density at radius 2 is 1.65 bits per heavy atom. The zero-order valence-electron chi connectivity index (χ0n) is 11.0. The van der Waals surface area contributed by atoms with Gasteiger partial charge in [-0.2, -0.15) is 0 Å².